The molecule has 0 saturated carbocycles. The van der Waals surface area contributed by atoms with E-state index in [2.05, 4.69) is 42.0 Å². The fourth-order valence-electron chi connectivity index (χ4n) is 2.39. The third-order valence-electron chi connectivity index (χ3n) is 3.65. The van der Waals surface area contributed by atoms with Crippen LogP contribution in [0.25, 0.3) is 0 Å². The van der Waals surface area contributed by atoms with E-state index in [1.165, 1.54) is 0 Å². The van der Waals surface area contributed by atoms with Crippen molar-refractivity contribution in [1.82, 2.24) is 19.7 Å². The molecule has 0 radical (unpaired) electrons. The first-order chi connectivity index (χ1) is 10.4. The van der Waals surface area contributed by atoms with Gasteiger partial charge in [-0.2, -0.15) is 5.10 Å². The quantitative estimate of drug-likeness (QED) is 0.642. The van der Waals surface area contributed by atoms with Crippen molar-refractivity contribution in [2.24, 2.45) is 0 Å². The molecule has 116 valence electrons. The Bertz CT molecular complexity index is 702. The largest absolute Gasteiger partial charge is 0.294 e. The van der Waals surface area contributed by atoms with Gasteiger partial charge in [0.15, 0.2) is 10.9 Å². The number of aryl methyl sites for hydroxylation is 1. The molecule has 0 atom stereocenters. The Morgan fingerprint density at radius 1 is 1.27 bits per heavy atom. The van der Waals surface area contributed by atoms with Crippen molar-refractivity contribution in [2.75, 3.05) is 0 Å². The smallest absolute Gasteiger partial charge is 0.188 e. The van der Waals surface area contributed by atoms with Crippen LogP contribution < -0.4 is 0 Å². The van der Waals surface area contributed by atoms with Crippen LogP contribution in [0.15, 0.2) is 23.7 Å². The molecule has 3 rings (SSSR count). The van der Waals surface area contributed by atoms with Gasteiger partial charge in [0.2, 0.25) is 0 Å². The average molecular weight is 316 g/mol. The molecule has 0 bridgehead atoms. The number of ketones is 1. The lowest BCUT2D eigenvalue weighted by Gasteiger charge is -2.18. The molecule has 0 N–H and O–H groups in total. The maximum Gasteiger partial charge on any atom is 0.188 e. The first-order valence-corrected chi connectivity index (χ1v) is 8.48. The molecule has 1 aliphatic rings. The highest BCUT2D eigenvalue weighted by Gasteiger charge is 2.19. The molecule has 0 unspecified atom stereocenters. The van der Waals surface area contributed by atoms with E-state index in [1.807, 2.05) is 10.9 Å². The second-order valence-corrected chi connectivity index (χ2v) is 7.48. The van der Waals surface area contributed by atoms with E-state index in [0.29, 0.717) is 12.0 Å². The van der Waals surface area contributed by atoms with E-state index < -0.39 is 0 Å². The van der Waals surface area contributed by atoms with Crippen molar-refractivity contribution in [3.05, 3.63) is 35.4 Å². The fraction of sp³-hybridized carbons (Fsp3) is 0.500. The number of carbonyl (C=O) groups excluding carboxylic acids is 1. The maximum atomic E-state index is 11.8. The van der Waals surface area contributed by atoms with Gasteiger partial charge in [0.05, 0.1) is 23.0 Å². The van der Waals surface area contributed by atoms with Crippen molar-refractivity contribution in [1.29, 1.82) is 0 Å². The van der Waals surface area contributed by atoms with E-state index >= 15 is 0 Å². The summed E-state index contributed by atoms with van der Waals surface area (Å²) in [5.41, 5.74) is 2.75. The molecule has 0 aliphatic heterocycles. The van der Waals surface area contributed by atoms with Crippen molar-refractivity contribution >= 4 is 17.5 Å². The summed E-state index contributed by atoms with van der Waals surface area (Å²) in [6, 6.07) is 0. The van der Waals surface area contributed by atoms with E-state index in [0.717, 1.165) is 35.0 Å². The van der Waals surface area contributed by atoms with Crippen LogP contribution in [0, 0.1) is 0 Å². The van der Waals surface area contributed by atoms with Crippen molar-refractivity contribution in [3.63, 3.8) is 0 Å². The first kappa shape index (κ1) is 15.2. The molecular weight excluding hydrogens is 296 g/mol. The molecule has 0 aromatic carbocycles. The fourth-order valence-corrected chi connectivity index (χ4v) is 3.14. The summed E-state index contributed by atoms with van der Waals surface area (Å²) in [6.45, 7) is 6.38. The van der Waals surface area contributed by atoms with Gasteiger partial charge in [0.1, 0.15) is 0 Å². The summed E-state index contributed by atoms with van der Waals surface area (Å²) in [5.74, 6) is 0.951. The van der Waals surface area contributed by atoms with Gasteiger partial charge in [-0.1, -0.05) is 11.8 Å². The summed E-state index contributed by atoms with van der Waals surface area (Å²) >= 11 is 1.58. The lowest BCUT2D eigenvalue weighted by Crippen LogP contribution is -2.21. The van der Waals surface area contributed by atoms with Crippen LogP contribution in [-0.4, -0.2) is 25.5 Å². The van der Waals surface area contributed by atoms with Gasteiger partial charge in [0.25, 0.3) is 0 Å². The Morgan fingerprint density at radius 2 is 2.09 bits per heavy atom. The van der Waals surface area contributed by atoms with E-state index in [1.54, 1.807) is 18.0 Å². The number of nitrogens with zero attached hydrogens (tertiary/aromatic N) is 4. The lowest BCUT2D eigenvalue weighted by molar-refractivity contribution is 0.0970. The molecule has 1 aliphatic carbocycles. The zero-order valence-electron chi connectivity index (χ0n) is 13.2. The molecular formula is C16H20N4OS. The average Bonchev–Trinajstić information content (AvgIpc) is 2.94. The summed E-state index contributed by atoms with van der Waals surface area (Å²) in [7, 11) is 0. The molecule has 2 aromatic heterocycles. The molecule has 2 heterocycles. The zero-order chi connectivity index (χ0) is 15.7. The number of hydrogen-bond donors (Lipinski definition) is 0. The van der Waals surface area contributed by atoms with Crippen LogP contribution in [0.3, 0.4) is 0 Å². The summed E-state index contributed by atoms with van der Waals surface area (Å²) < 4.78 is 1.97. The van der Waals surface area contributed by atoms with Gasteiger partial charge < -0.3 is 0 Å². The van der Waals surface area contributed by atoms with E-state index in [4.69, 9.17) is 0 Å². The van der Waals surface area contributed by atoms with Crippen LogP contribution in [0.2, 0.25) is 0 Å². The first-order valence-electron chi connectivity index (χ1n) is 7.49. The Hall–Kier alpha value is -1.69. The molecule has 0 saturated heterocycles. The Labute approximate surface area is 134 Å². The Balaban J connectivity index is 1.69. The number of Topliss-reactive ketones (excluding diaryl/α,β-unsaturated/α-hetero) is 1. The molecule has 5 nitrogen and oxygen atoms in total. The van der Waals surface area contributed by atoms with Gasteiger partial charge in [-0.25, -0.2) is 9.97 Å². The highest BCUT2D eigenvalue weighted by Crippen LogP contribution is 2.24. The molecule has 2 aromatic rings. The lowest BCUT2D eigenvalue weighted by atomic mass is 9.96. The number of hydrogen-bond acceptors (Lipinski definition) is 5. The zero-order valence-corrected chi connectivity index (χ0v) is 14.0. The van der Waals surface area contributed by atoms with Crippen molar-refractivity contribution < 1.29 is 4.79 Å². The minimum Gasteiger partial charge on any atom is -0.294 e. The third-order valence-corrected chi connectivity index (χ3v) is 4.59. The van der Waals surface area contributed by atoms with E-state index in [9.17, 15) is 4.79 Å². The van der Waals surface area contributed by atoms with Crippen LogP contribution in [0.5, 0.6) is 0 Å². The highest BCUT2D eigenvalue weighted by atomic mass is 32.2. The predicted octanol–water partition coefficient (Wildman–Crippen LogP) is 3.24. The van der Waals surface area contributed by atoms with Crippen molar-refractivity contribution in [3.8, 4) is 0 Å². The van der Waals surface area contributed by atoms with Gasteiger partial charge in [-0.3, -0.25) is 9.48 Å². The molecule has 6 heteroatoms. The predicted molar refractivity (Wildman–Crippen MR) is 86.1 cm³/mol. The van der Waals surface area contributed by atoms with Crippen LogP contribution >= 0.6 is 11.8 Å². The Kier molecular flexibility index (Phi) is 4.04. The number of rotatable bonds is 3. The monoisotopic (exact) mass is 316 g/mol. The second kappa shape index (κ2) is 5.83. The number of thioether (sulfide) groups is 1. The third kappa shape index (κ3) is 3.21. The number of fused-ring (bicyclic) bond motifs is 1. The van der Waals surface area contributed by atoms with E-state index in [-0.39, 0.29) is 11.3 Å². The Morgan fingerprint density at radius 3 is 2.82 bits per heavy atom. The van der Waals surface area contributed by atoms with Crippen LogP contribution in [-0.2, 0) is 17.7 Å². The van der Waals surface area contributed by atoms with Gasteiger partial charge >= 0.3 is 0 Å². The topological polar surface area (TPSA) is 60.7 Å². The maximum absolute atomic E-state index is 11.8. The summed E-state index contributed by atoms with van der Waals surface area (Å²) in [5, 5.41) is 5.13. The van der Waals surface area contributed by atoms with Gasteiger partial charge in [-0.05, 0) is 33.6 Å². The molecule has 0 spiro atoms. The minimum absolute atomic E-state index is 0.00834. The highest BCUT2D eigenvalue weighted by molar-refractivity contribution is 7.98. The summed E-state index contributed by atoms with van der Waals surface area (Å²) in [4.78, 5) is 20.6. The summed E-state index contributed by atoms with van der Waals surface area (Å²) in [6.07, 6.45) is 8.03. The standard InChI is InChI=1S/C16H20N4OS/c1-16(2,3)20-9-11(7-18-20)10-22-15-17-8-12-13(19-15)5-4-6-14(12)21/h7-9H,4-6,10H2,1-3H3. The number of aromatic nitrogens is 4. The van der Waals surface area contributed by atoms with Gasteiger partial charge in [0, 0.05) is 30.1 Å². The molecule has 22 heavy (non-hydrogen) atoms. The van der Waals surface area contributed by atoms with Gasteiger partial charge in [-0.15, -0.1) is 0 Å². The number of carbonyl (C=O) groups is 1. The second-order valence-electron chi connectivity index (χ2n) is 6.54. The minimum atomic E-state index is -0.00834. The SMILES string of the molecule is CC(C)(C)n1cc(CSc2ncc3c(n2)CCCC3=O)cn1. The normalized spacial score (nSPS) is 15.0. The van der Waals surface area contributed by atoms with Crippen LogP contribution in [0.1, 0.15) is 55.2 Å². The molecule has 0 amide bonds. The van der Waals surface area contributed by atoms with Crippen LogP contribution in [0.4, 0.5) is 0 Å². The van der Waals surface area contributed by atoms with Crippen molar-refractivity contribution in [2.45, 2.75) is 56.5 Å². The molecule has 0 fully saturated rings.